The van der Waals surface area contributed by atoms with E-state index >= 15 is 0 Å². The number of aryl methyl sites for hydroxylation is 1. The molecule has 1 heterocycles. The van der Waals surface area contributed by atoms with Crippen molar-refractivity contribution in [3.63, 3.8) is 0 Å². The molecule has 4 aliphatic rings. The highest BCUT2D eigenvalue weighted by atomic mass is 32.2. The number of benzene rings is 1. The maximum atomic E-state index is 4.42. The van der Waals surface area contributed by atoms with Gasteiger partial charge in [0.05, 0.1) is 0 Å². The molecule has 0 amide bonds. The summed E-state index contributed by atoms with van der Waals surface area (Å²) in [6, 6.07) is 15.8. The Morgan fingerprint density at radius 3 is 2.16 bits per heavy atom. The van der Waals surface area contributed by atoms with Crippen LogP contribution in [0.25, 0.3) is 0 Å². The molecule has 4 bridgehead atoms. The highest BCUT2D eigenvalue weighted by Crippen LogP contribution is 2.60. The van der Waals surface area contributed by atoms with Gasteiger partial charge in [-0.15, -0.1) is 11.8 Å². The molecule has 0 spiro atoms. The average molecular weight is 350 g/mol. The van der Waals surface area contributed by atoms with Crippen LogP contribution in [0.4, 0.5) is 0 Å². The van der Waals surface area contributed by atoms with Crippen LogP contribution >= 0.6 is 11.8 Å². The molecular weight excluding hydrogens is 322 g/mol. The second-order valence-electron chi connectivity index (χ2n) is 8.64. The Morgan fingerprint density at radius 2 is 1.56 bits per heavy atom. The summed E-state index contributed by atoms with van der Waals surface area (Å²) in [5.41, 5.74) is 3.37. The minimum Gasteiger partial charge on any atom is -0.261 e. The summed E-state index contributed by atoms with van der Waals surface area (Å²) in [5, 5.41) is 0. The molecule has 1 nitrogen and oxygen atoms in total. The largest absolute Gasteiger partial charge is 0.261 e. The molecule has 2 aromatic rings. The van der Waals surface area contributed by atoms with E-state index in [0.29, 0.717) is 5.41 Å². The van der Waals surface area contributed by atoms with E-state index in [1.54, 1.807) is 5.56 Å². The molecule has 0 radical (unpaired) electrons. The zero-order valence-electron chi connectivity index (χ0n) is 14.9. The molecule has 0 atom stereocenters. The third-order valence-corrected chi connectivity index (χ3v) is 7.87. The molecule has 0 saturated heterocycles. The van der Waals surface area contributed by atoms with Gasteiger partial charge in [0.15, 0.2) is 0 Å². The van der Waals surface area contributed by atoms with Crippen LogP contribution in [0.1, 0.15) is 49.8 Å². The number of pyridine rings is 1. The van der Waals surface area contributed by atoms with Crippen molar-refractivity contribution >= 4 is 11.8 Å². The monoisotopic (exact) mass is 349 g/mol. The molecule has 4 saturated carbocycles. The van der Waals surface area contributed by atoms with E-state index in [0.717, 1.165) is 29.9 Å². The Hall–Kier alpha value is -1.28. The highest BCUT2D eigenvalue weighted by Gasteiger charge is 2.51. The van der Waals surface area contributed by atoms with E-state index in [2.05, 4.69) is 41.4 Å². The Bertz CT molecular complexity index is 686. The van der Waals surface area contributed by atoms with E-state index in [1.165, 1.54) is 49.1 Å². The molecular formula is C23H27NS. The fourth-order valence-electron chi connectivity index (χ4n) is 6.19. The van der Waals surface area contributed by atoms with E-state index in [9.17, 15) is 0 Å². The van der Waals surface area contributed by atoms with Crippen LogP contribution in [0.2, 0.25) is 0 Å². The SMILES string of the molecule is c1ccc(CCSc2ccc(C34CC5CC(CC(C5)C3)C4)cc2)nc1. The van der Waals surface area contributed by atoms with Gasteiger partial charge >= 0.3 is 0 Å². The Balaban J connectivity index is 1.25. The van der Waals surface area contributed by atoms with E-state index < -0.39 is 0 Å². The lowest BCUT2D eigenvalue weighted by molar-refractivity contribution is -0.00520. The minimum absolute atomic E-state index is 0.534. The molecule has 2 heteroatoms. The van der Waals surface area contributed by atoms with Crippen LogP contribution in [0, 0.1) is 17.8 Å². The van der Waals surface area contributed by atoms with Gasteiger partial charge in [-0.05, 0) is 97.9 Å². The fraction of sp³-hybridized carbons (Fsp3) is 0.522. The second kappa shape index (κ2) is 6.46. The van der Waals surface area contributed by atoms with E-state index in [4.69, 9.17) is 0 Å². The summed E-state index contributed by atoms with van der Waals surface area (Å²) in [7, 11) is 0. The van der Waals surface area contributed by atoms with Crippen molar-refractivity contribution in [1.82, 2.24) is 4.98 Å². The van der Waals surface area contributed by atoms with E-state index in [-0.39, 0.29) is 0 Å². The van der Waals surface area contributed by atoms with Crippen LogP contribution in [0.15, 0.2) is 53.6 Å². The summed E-state index contributed by atoms with van der Waals surface area (Å²) in [4.78, 5) is 5.82. The lowest BCUT2D eigenvalue weighted by Crippen LogP contribution is -2.48. The van der Waals surface area contributed by atoms with Crippen LogP contribution in [-0.2, 0) is 11.8 Å². The topological polar surface area (TPSA) is 12.9 Å². The number of hydrogen-bond acceptors (Lipinski definition) is 2. The molecule has 6 rings (SSSR count). The average Bonchev–Trinajstić information content (AvgIpc) is 2.62. The first-order valence-corrected chi connectivity index (χ1v) is 10.9. The van der Waals surface area contributed by atoms with Crippen molar-refractivity contribution < 1.29 is 0 Å². The molecule has 130 valence electrons. The maximum absolute atomic E-state index is 4.42. The van der Waals surface area contributed by atoms with Crippen molar-refractivity contribution in [3.8, 4) is 0 Å². The van der Waals surface area contributed by atoms with Gasteiger partial charge in [0.25, 0.3) is 0 Å². The predicted molar refractivity (Wildman–Crippen MR) is 105 cm³/mol. The molecule has 0 N–H and O–H groups in total. The minimum atomic E-state index is 0.534. The second-order valence-corrected chi connectivity index (χ2v) is 9.81. The lowest BCUT2D eigenvalue weighted by Gasteiger charge is -2.57. The molecule has 1 aromatic heterocycles. The van der Waals surface area contributed by atoms with Gasteiger partial charge < -0.3 is 0 Å². The first kappa shape index (κ1) is 15.9. The van der Waals surface area contributed by atoms with Gasteiger partial charge in [-0.25, -0.2) is 0 Å². The van der Waals surface area contributed by atoms with Gasteiger partial charge in [-0.3, -0.25) is 4.98 Å². The van der Waals surface area contributed by atoms with Gasteiger partial charge in [-0.1, -0.05) is 18.2 Å². The lowest BCUT2D eigenvalue weighted by atomic mass is 9.48. The van der Waals surface area contributed by atoms with Crippen molar-refractivity contribution in [2.45, 2.75) is 55.3 Å². The number of nitrogens with zero attached hydrogens (tertiary/aromatic N) is 1. The zero-order valence-corrected chi connectivity index (χ0v) is 15.7. The third-order valence-electron chi connectivity index (χ3n) is 6.86. The Morgan fingerprint density at radius 1 is 0.880 bits per heavy atom. The number of aromatic nitrogens is 1. The Kier molecular flexibility index (Phi) is 4.12. The molecule has 25 heavy (non-hydrogen) atoms. The van der Waals surface area contributed by atoms with E-state index in [1.807, 2.05) is 24.0 Å². The summed E-state index contributed by atoms with van der Waals surface area (Å²) in [6.45, 7) is 0. The molecule has 0 aliphatic heterocycles. The number of thioether (sulfide) groups is 1. The molecule has 4 aliphatic carbocycles. The quantitative estimate of drug-likeness (QED) is 0.625. The molecule has 0 unspecified atom stereocenters. The normalized spacial score (nSPS) is 32.9. The number of hydrogen-bond donors (Lipinski definition) is 0. The summed E-state index contributed by atoms with van der Waals surface area (Å²) in [5.74, 6) is 4.18. The number of rotatable bonds is 5. The molecule has 4 fully saturated rings. The van der Waals surface area contributed by atoms with Crippen molar-refractivity contribution in [1.29, 1.82) is 0 Å². The van der Waals surface area contributed by atoms with Gasteiger partial charge in [-0.2, -0.15) is 0 Å². The first-order valence-electron chi connectivity index (χ1n) is 9.92. The Labute approximate surface area is 155 Å². The summed E-state index contributed by atoms with van der Waals surface area (Å²) >= 11 is 1.96. The van der Waals surface area contributed by atoms with Gasteiger partial charge in [0.2, 0.25) is 0 Å². The van der Waals surface area contributed by atoms with Crippen molar-refractivity contribution in [2.24, 2.45) is 17.8 Å². The van der Waals surface area contributed by atoms with Crippen LogP contribution < -0.4 is 0 Å². The fourth-order valence-corrected chi connectivity index (χ4v) is 7.06. The standard InChI is InChI=1S/C23H27NS/c1-2-9-24-21(3-1)8-10-25-22-6-4-20(5-7-22)23-14-17-11-18(15-23)13-19(12-17)16-23/h1-7,9,17-19H,8,10-16H2. The first-order chi connectivity index (χ1) is 12.3. The van der Waals surface area contributed by atoms with Crippen LogP contribution in [0.3, 0.4) is 0 Å². The van der Waals surface area contributed by atoms with Crippen LogP contribution in [-0.4, -0.2) is 10.7 Å². The summed E-state index contributed by atoms with van der Waals surface area (Å²) < 4.78 is 0. The van der Waals surface area contributed by atoms with Crippen molar-refractivity contribution in [3.05, 3.63) is 59.9 Å². The van der Waals surface area contributed by atoms with Crippen LogP contribution in [0.5, 0.6) is 0 Å². The third kappa shape index (κ3) is 3.14. The maximum Gasteiger partial charge on any atom is 0.0411 e. The smallest absolute Gasteiger partial charge is 0.0411 e. The molecule has 1 aromatic carbocycles. The zero-order chi connectivity index (χ0) is 16.7. The van der Waals surface area contributed by atoms with Gasteiger partial charge in [0.1, 0.15) is 0 Å². The predicted octanol–water partition coefficient (Wildman–Crippen LogP) is 5.88. The van der Waals surface area contributed by atoms with Gasteiger partial charge in [0, 0.05) is 22.5 Å². The highest BCUT2D eigenvalue weighted by molar-refractivity contribution is 7.99. The van der Waals surface area contributed by atoms with Crippen molar-refractivity contribution in [2.75, 3.05) is 5.75 Å². The summed E-state index contributed by atoms with van der Waals surface area (Å²) in [6.07, 6.45) is 11.9.